The number of nitrogens with zero attached hydrogens (tertiary/aromatic N) is 1. The van der Waals surface area contributed by atoms with E-state index in [1.54, 1.807) is 0 Å². The maximum atomic E-state index is 13.1. The Morgan fingerprint density at radius 2 is 2.00 bits per heavy atom. The van der Waals surface area contributed by atoms with Crippen molar-refractivity contribution in [1.82, 2.24) is 10.2 Å². The molecule has 0 aromatic heterocycles. The van der Waals surface area contributed by atoms with Crippen LogP contribution in [0.25, 0.3) is 0 Å². The highest BCUT2D eigenvalue weighted by Crippen LogP contribution is 2.12. The van der Waals surface area contributed by atoms with Crippen LogP contribution < -0.4 is 5.32 Å². The van der Waals surface area contributed by atoms with Gasteiger partial charge < -0.3 is 5.32 Å². The first kappa shape index (κ1) is 12.5. The molecule has 0 bridgehead atoms. The largest absolute Gasteiger partial charge is 0.313 e. The highest BCUT2D eigenvalue weighted by Gasteiger charge is 2.14. The van der Waals surface area contributed by atoms with Crippen LogP contribution in [0.3, 0.4) is 0 Å². The quantitative estimate of drug-likeness (QED) is 0.852. The molecule has 94 valence electrons. The summed E-state index contributed by atoms with van der Waals surface area (Å²) in [4.78, 5) is 2.24. The zero-order chi connectivity index (χ0) is 12.3. The topological polar surface area (TPSA) is 15.3 Å². The number of nitrogens with one attached hydrogen (secondary N) is 1. The van der Waals surface area contributed by atoms with E-state index in [4.69, 9.17) is 0 Å². The van der Waals surface area contributed by atoms with Crippen LogP contribution in [0.15, 0.2) is 18.2 Å². The summed E-state index contributed by atoms with van der Waals surface area (Å²) in [7, 11) is 0. The highest BCUT2D eigenvalue weighted by atomic mass is 19.1. The molecule has 0 saturated carbocycles. The van der Waals surface area contributed by atoms with Gasteiger partial charge in [0.25, 0.3) is 0 Å². The molecule has 1 heterocycles. The second-order valence-electron chi connectivity index (χ2n) is 4.72. The van der Waals surface area contributed by atoms with Crippen LogP contribution in [0.4, 0.5) is 8.78 Å². The van der Waals surface area contributed by atoms with Gasteiger partial charge in [-0.1, -0.05) is 0 Å². The van der Waals surface area contributed by atoms with E-state index in [1.807, 2.05) is 0 Å². The van der Waals surface area contributed by atoms with Gasteiger partial charge in [0.05, 0.1) is 0 Å². The molecule has 2 nitrogen and oxygen atoms in total. The van der Waals surface area contributed by atoms with Crippen LogP contribution in [0.2, 0.25) is 0 Å². The Kier molecular flexibility index (Phi) is 4.07. The van der Waals surface area contributed by atoms with Crippen LogP contribution in [-0.2, 0) is 6.54 Å². The van der Waals surface area contributed by atoms with Crippen LogP contribution in [0, 0.1) is 11.6 Å². The van der Waals surface area contributed by atoms with Gasteiger partial charge in [-0.3, -0.25) is 4.90 Å². The van der Waals surface area contributed by atoms with E-state index in [2.05, 4.69) is 17.1 Å². The molecule has 1 aromatic carbocycles. The Balaban J connectivity index is 2.03. The summed E-state index contributed by atoms with van der Waals surface area (Å²) in [5.74, 6) is -0.998. The van der Waals surface area contributed by atoms with Crippen molar-refractivity contribution >= 4 is 0 Å². The lowest BCUT2D eigenvalue weighted by molar-refractivity contribution is 0.264. The first-order chi connectivity index (χ1) is 8.13. The van der Waals surface area contributed by atoms with Crippen LogP contribution in [0.5, 0.6) is 0 Å². The second kappa shape index (κ2) is 5.56. The van der Waals surface area contributed by atoms with Crippen LogP contribution in [0.1, 0.15) is 18.9 Å². The summed E-state index contributed by atoms with van der Waals surface area (Å²) in [5.41, 5.74) is 0.705. The molecule has 1 fully saturated rings. The van der Waals surface area contributed by atoms with Crippen molar-refractivity contribution in [1.29, 1.82) is 0 Å². The second-order valence-corrected chi connectivity index (χ2v) is 4.72. The summed E-state index contributed by atoms with van der Waals surface area (Å²) in [5, 5.41) is 3.39. The Hall–Kier alpha value is -1.00. The normalized spacial score (nSPS) is 22.4. The van der Waals surface area contributed by atoms with Crippen molar-refractivity contribution in [3.63, 3.8) is 0 Å². The molecular weight excluding hydrogens is 222 g/mol. The van der Waals surface area contributed by atoms with E-state index in [0.29, 0.717) is 18.2 Å². The first-order valence-electron chi connectivity index (χ1n) is 6.04. The van der Waals surface area contributed by atoms with Gasteiger partial charge in [-0.2, -0.15) is 0 Å². The molecule has 0 aliphatic carbocycles. The molecular formula is C13H18F2N2. The van der Waals surface area contributed by atoms with Gasteiger partial charge in [0.1, 0.15) is 11.6 Å². The fraction of sp³-hybridized carbons (Fsp3) is 0.538. The van der Waals surface area contributed by atoms with Gasteiger partial charge in [0.15, 0.2) is 0 Å². The zero-order valence-corrected chi connectivity index (χ0v) is 10.0. The molecule has 1 aromatic rings. The molecule has 0 radical (unpaired) electrons. The Labute approximate surface area is 101 Å². The van der Waals surface area contributed by atoms with Crippen LogP contribution >= 0.6 is 0 Å². The summed E-state index contributed by atoms with van der Waals surface area (Å²) in [6, 6.07) is 4.16. The van der Waals surface area contributed by atoms with Gasteiger partial charge in [-0.25, -0.2) is 8.78 Å². The summed E-state index contributed by atoms with van der Waals surface area (Å²) in [6.45, 7) is 5.63. The first-order valence-corrected chi connectivity index (χ1v) is 6.04. The Morgan fingerprint density at radius 1 is 1.29 bits per heavy atom. The molecule has 0 spiro atoms. The molecule has 1 N–H and O–H groups in total. The maximum Gasteiger partial charge on any atom is 0.126 e. The molecule has 1 aliphatic rings. The molecule has 4 heteroatoms. The number of benzene rings is 1. The van der Waals surface area contributed by atoms with Crippen molar-refractivity contribution in [3.8, 4) is 0 Å². The minimum Gasteiger partial charge on any atom is -0.313 e. The van der Waals surface area contributed by atoms with E-state index >= 15 is 0 Å². The summed E-state index contributed by atoms with van der Waals surface area (Å²) >= 11 is 0. The number of hydrogen-bond donors (Lipinski definition) is 1. The lowest BCUT2D eigenvalue weighted by Crippen LogP contribution is -2.34. The van der Waals surface area contributed by atoms with Crippen molar-refractivity contribution in [2.75, 3.05) is 19.6 Å². The van der Waals surface area contributed by atoms with Gasteiger partial charge in [0, 0.05) is 25.2 Å². The third-order valence-electron chi connectivity index (χ3n) is 3.00. The minimum absolute atomic E-state index is 0.427. The third kappa shape index (κ3) is 3.75. The van der Waals surface area contributed by atoms with Gasteiger partial charge in [-0.15, -0.1) is 0 Å². The number of rotatable bonds is 2. The predicted octanol–water partition coefficient (Wildman–Crippen LogP) is 2.15. The molecule has 17 heavy (non-hydrogen) atoms. The standard InChI is InChI=1S/C13H18F2N2/c1-10-8-17(4-2-3-16-10)9-11-5-12(14)7-13(15)6-11/h5-7,10,16H,2-4,8-9H2,1H3. The monoisotopic (exact) mass is 240 g/mol. The SMILES string of the molecule is CC1CN(Cc2cc(F)cc(F)c2)CCCN1. The Morgan fingerprint density at radius 3 is 2.71 bits per heavy atom. The molecule has 1 aliphatic heterocycles. The number of halogens is 2. The smallest absolute Gasteiger partial charge is 0.126 e. The predicted molar refractivity (Wildman–Crippen MR) is 63.7 cm³/mol. The maximum absolute atomic E-state index is 13.1. The average Bonchev–Trinajstić information content (AvgIpc) is 2.41. The fourth-order valence-corrected chi connectivity index (χ4v) is 2.30. The zero-order valence-electron chi connectivity index (χ0n) is 10.0. The van der Waals surface area contributed by atoms with Crippen molar-refractivity contribution in [2.24, 2.45) is 0 Å². The van der Waals surface area contributed by atoms with Gasteiger partial charge >= 0.3 is 0 Å². The lowest BCUT2D eigenvalue weighted by atomic mass is 10.2. The molecule has 2 rings (SSSR count). The van der Waals surface area contributed by atoms with E-state index in [1.165, 1.54) is 12.1 Å². The fourth-order valence-electron chi connectivity index (χ4n) is 2.30. The minimum atomic E-state index is -0.499. The van der Waals surface area contributed by atoms with Crippen molar-refractivity contribution in [3.05, 3.63) is 35.4 Å². The number of hydrogen-bond acceptors (Lipinski definition) is 2. The van der Waals surface area contributed by atoms with E-state index in [-0.39, 0.29) is 0 Å². The van der Waals surface area contributed by atoms with E-state index in [9.17, 15) is 8.78 Å². The molecule has 1 atom stereocenters. The van der Waals surface area contributed by atoms with Crippen molar-refractivity contribution in [2.45, 2.75) is 25.9 Å². The molecule has 1 saturated heterocycles. The molecule has 0 amide bonds. The van der Waals surface area contributed by atoms with E-state index < -0.39 is 11.6 Å². The lowest BCUT2D eigenvalue weighted by Gasteiger charge is -2.22. The van der Waals surface area contributed by atoms with E-state index in [0.717, 1.165) is 32.1 Å². The Bertz CT molecular complexity index is 361. The summed E-state index contributed by atoms with van der Waals surface area (Å²) < 4.78 is 26.1. The van der Waals surface area contributed by atoms with Gasteiger partial charge in [0.2, 0.25) is 0 Å². The third-order valence-corrected chi connectivity index (χ3v) is 3.00. The van der Waals surface area contributed by atoms with Gasteiger partial charge in [-0.05, 0) is 44.1 Å². The average molecular weight is 240 g/mol. The van der Waals surface area contributed by atoms with Crippen LogP contribution in [-0.4, -0.2) is 30.6 Å². The highest BCUT2D eigenvalue weighted by molar-refractivity contribution is 5.17. The van der Waals surface area contributed by atoms with Crippen molar-refractivity contribution < 1.29 is 8.78 Å². The summed E-state index contributed by atoms with van der Waals surface area (Å²) in [6.07, 6.45) is 1.07. The molecule has 1 unspecified atom stereocenters.